The van der Waals surface area contributed by atoms with E-state index in [9.17, 15) is 9.90 Å². The molecule has 0 spiro atoms. The first kappa shape index (κ1) is 9.66. The largest absolute Gasteiger partial charge is 0.392 e. The van der Waals surface area contributed by atoms with Gasteiger partial charge in [0.1, 0.15) is 5.82 Å². The van der Waals surface area contributed by atoms with Crippen molar-refractivity contribution in [1.29, 1.82) is 0 Å². The van der Waals surface area contributed by atoms with E-state index in [4.69, 9.17) is 9.85 Å². The smallest absolute Gasteiger partial charge is 0.229 e. The molecule has 6 heteroatoms. The fourth-order valence-electron chi connectivity index (χ4n) is 2.43. The van der Waals surface area contributed by atoms with Crippen LogP contribution in [0.25, 0.3) is 10.8 Å². The predicted molar refractivity (Wildman–Crippen MR) is 75.1 cm³/mol. The van der Waals surface area contributed by atoms with Crippen molar-refractivity contribution in [2.45, 2.75) is 24.9 Å². The lowest BCUT2D eigenvalue weighted by atomic mass is 9.98. The molecule has 3 rings (SSSR count). The Bertz CT molecular complexity index is 787. The molecule has 2 heterocycles. The number of nitrogens with zero attached hydrogens (tertiary/aromatic N) is 2. The number of fused-ring (bicyclic) bond motifs is 1. The van der Waals surface area contributed by atoms with Crippen LogP contribution in [0, 0.1) is 0 Å². The first-order valence-electron chi connectivity index (χ1n) is 7.74. The quantitative estimate of drug-likeness (QED) is 0.761. The maximum Gasteiger partial charge on any atom is 0.229 e. The minimum Gasteiger partial charge on any atom is -0.392 e. The Kier molecular flexibility index (Phi) is 2.13. The minimum absolute atomic E-state index is 0.153. The van der Waals surface area contributed by atoms with Crippen LogP contribution < -0.4 is 11.1 Å². The van der Waals surface area contributed by atoms with E-state index in [0.29, 0.717) is 34.9 Å². The molecule has 2 aromatic heterocycles. The van der Waals surface area contributed by atoms with Crippen molar-refractivity contribution in [1.82, 2.24) is 9.97 Å². The van der Waals surface area contributed by atoms with Gasteiger partial charge < -0.3 is 16.2 Å². The molecule has 1 aliphatic carbocycles. The standard InChI is InChI=1S/C14H16N4O2/c1-16-12-10-6-17-11(14(2-3-14)13(15)20)4-9(10)8(7-19)5-18-12/h4-6,19H,2-3,7H2,1H3,(H2,15,20)(H,16,18)/i1D3. The number of hydrogen-bond acceptors (Lipinski definition) is 5. The lowest BCUT2D eigenvalue weighted by Gasteiger charge is -2.13. The monoisotopic (exact) mass is 275 g/mol. The summed E-state index contributed by atoms with van der Waals surface area (Å²) in [4.78, 5) is 20.0. The third-order valence-corrected chi connectivity index (χ3v) is 3.86. The average molecular weight is 275 g/mol. The summed E-state index contributed by atoms with van der Waals surface area (Å²) in [5.41, 5.74) is 5.78. The summed E-state index contributed by atoms with van der Waals surface area (Å²) < 4.78 is 21.9. The topological polar surface area (TPSA) is 101 Å². The number of pyridine rings is 2. The summed E-state index contributed by atoms with van der Waals surface area (Å²) in [6.45, 7) is -2.66. The third kappa shape index (κ3) is 1.72. The van der Waals surface area contributed by atoms with Gasteiger partial charge in [0.15, 0.2) is 0 Å². The number of aliphatic hydroxyl groups is 1. The van der Waals surface area contributed by atoms with Crippen molar-refractivity contribution in [3.63, 3.8) is 0 Å². The molecule has 20 heavy (non-hydrogen) atoms. The van der Waals surface area contributed by atoms with Crippen LogP contribution in [-0.4, -0.2) is 28.0 Å². The highest BCUT2D eigenvalue weighted by Crippen LogP contribution is 2.47. The number of rotatable bonds is 4. The number of nitrogens with two attached hydrogens (primary N) is 1. The van der Waals surface area contributed by atoms with Crippen molar-refractivity contribution in [3.05, 3.63) is 29.7 Å². The highest BCUT2D eigenvalue weighted by Gasteiger charge is 2.51. The van der Waals surface area contributed by atoms with E-state index in [-0.39, 0.29) is 12.4 Å². The van der Waals surface area contributed by atoms with Crippen molar-refractivity contribution in [2.75, 3.05) is 12.3 Å². The fourth-order valence-corrected chi connectivity index (χ4v) is 2.43. The maximum absolute atomic E-state index is 11.7. The normalized spacial score (nSPS) is 18.9. The second kappa shape index (κ2) is 4.42. The van der Waals surface area contributed by atoms with Gasteiger partial charge >= 0.3 is 0 Å². The number of aliphatic hydroxyl groups excluding tert-OH is 1. The zero-order chi connectivity index (χ0) is 16.8. The van der Waals surface area contributed by atoms with Crippen molar-refractivity contribution in [3.8, 4) is 0 Å². The van der Waals surface area contributed by atoms with Gasteiger partial charge in [-0.3, -0.25) is 9.78 Å². The van der Waals surface area contributed by atoms with Crippen LogP contribution in [0.3, 0.4) is 0 Å². The highest BCUT2D eigenvalue weighted by molar-refractivity contribution is 5.95. The zero-order valence-corrected chi connectivity index (χ0v) is 10.7. The Hall–Kier alpha value is -2.21. The van der Waals surface area contributed by atoms with Crippen LogP contribution in [0.4, 0.5) is 5.82 Å². The van der Waals surface area contributed by atoms with Crippen LogP contribution in [0.2, 0.25) is 0 Å². The molecule has 0 saturated heterocycles. The van der Waals surface area contributed by atoms with E-state index < -0.39 is 18.3 Å². The Morgan fingerprint density at radius 3 is 2.90 bits per heavy atom. The van der Waals surface area contributed by atoms with Gasteiger partial charge in [0.2, 0.25) is 5.91 Å². The lowest BCUT2D eigenvalue weighted by molar-refractivity contribution is -0.120. The van der Waals surface area contributed by atoms with Gasteiger partial charge in [-0.2, -0.15) is 0 Å². The molecule has 1 amide bonds. The molecule has 0 aliphatic heterocycles. The van der Waals surface area contributed by atoms with E-state index in [1.807, 2.05) is 0 Å². The van der Waals surface area contributed by atoms with Crippen LogP contribution in [0.5, 0.6) is 0 Å². The molecule has 1 fully saturated rings. The summed E-state index contributed by atoms with van der Waals surface area (Å²) in [7, 11) is 0. The second-order valence-electron chi connectivity index (χ2n) is 4.98. The Labute approximate surface area is 120 Å². The number of hydrogen-bond donors (Lipinski definition) is 3. The molecule has 2 aromatic rings. The van der Waals surface area contributed by atoms with Gasteiger partial charge in [0.05, 0.1) is 17.7 Å². The molecule has 0 atom stereocenters. The summed E-state index contributed by atoms with van der Waals surface area (Å²) in [5, 5.41) is 12.9. The molecular weight excluding hydrogens is 256 g/mol. The van der Waals surface area contributed by atoms with Crippen molar-refractivity contribution in [2.24, 2.45) is 5.73 Å². The van der Waals surface area contributed by atoms with Gasteiger partial charge in [0.25, 0.3) is 0 Å². The number of primary amides is 1. The van der Waals surface area contributed by atoms with E-state index in [1.54, 1.807) is 6.07 Å². The van der Waals surface area contributed by atoms with E-state index in [2.05, 4.69) is 15.3 Å². The summed E-state index contributed by atoms with van der Waals surface area (Å²) in [6.07, 6.45) is 4.15. The number of aromatic nitrogens is 2. The van der Waals surface area contributed by atoms with Gasteiger partial charge in [0, 0.05) is 34.4 Å². The molecule has 1 aliphatic rings. The van der Waals surface area contributed by atoms with Gasteiger partial charge in [-0.15, -0.1) is 0 Å². The van der Waals surface area contributed by atoms with Gasteiger partial charge in [-0.25, -0.2) is 4.98 Å². The number of nitrogens with one attached hydrogen (secondary N) is 1. The predicted octanol–water partition coefficient (Wildman–Crippen LogP) is 0.681. The van der Waals surface area contributed by atoms with Gasteiger partial charge in [-0.1, -0.05) is 0 Å². The molecule has 0 unspecified atom stereocenters. The maximum atomic E-state index is 11.7. The number of carbonyl (C=O) groups excluding carboxylic acids is 1. The second-order valence-corrected chi connectivity index (χ2v) is 4.98. The SMILES string of the molecule is [2H]C([2H])([2H])Nc1ncc(CO)c2cc(C3(C(N)=O)CC3)ncc12. The minimum atomic E-state index is -2.40. The Balaban J connectivity index is 2.16. The van der Waals surface area contributed by atoms with Crippen molar-refractivity contribution < 1.29 is 14.0 Å². The fraction of sp³-hybridized carbons (Fsp3) is 0.357. The molecule has 4 N–H and O–H groups in total. The molecule has 0 bridgehead atoms. The molecule has 6 nitrogen and oxygen atoms in total. The zero-order valence-electron chi connectivity index (χ0n) is 13.7. The average Bonchev–Trinajstić information content (AvgIpc) is 3.27. The first-order chi connectivity index (χ1) is 10.8. The van der Waals surface area contributed by atoms with Crippen molar-refractivity contribution >= 4 is 22.5 Å². The van der Waals surface area contributed by atoms with E-state index >= 15 is 0 Å². The summed E-state index contributed by atoms with van der Waals surface area (Å²) >= 11 is 0. The summed E-state index contributed by atoms with van der Waals surface area (Å²) in [6, 6.07) is 1.69. The molecule has 1 saturated carbocycles. The van der Waals surface area contributed by atoms with Crippen LogP contribution in [0.1, 0.15) is 28.2 Å². The molecule has 104 valence electrons. The van der Waals surface area contributed by atoms with E-state index in [0.717, 1.165) is 0 Å². The summed E-state index contributed by atoms with van der Waals surface area (Å²) in [5.74, 6) is -0.273. The lowest BCUT2D eigenvalue weighted by Crippen LogP contribution is -2.29. The molecular formula is C14H16N4O2. The Morgan fingerprint density at radius 1 is 1.50 bits per heavy atom. The number of carbonyl (C=O) groups is 1. The van der Waals surface area contributed by atoms with Crippen LogP contribution in [0.15, 0.2) is 18.5 Å². The highest BCUT2D eigenvalue weighted by atomic mass is 16.3. The van der Waals surface area contributed by atoms with E-state index in [1.165, 1.54) is 12.4 Å². The molecule has 0 aromatic carbocycles. The Morgan fingerprint density at radius 2 is 2.30 bits per heavy atom. The third-order valence-electron chi connectivity index (χ3n) is 3.86. The van der Waals surface area contributed by atoms with Gasteiger partial charge in [-0.05, 0) is 24.3 Å². The number of anilines is 1. The molecule has 0 radical (unpaired) electrons. The van der Waals surface area contributed by atoms with Crippen LogP contribution in [-0.2, 0) is 16.8 Å². The first-order valence-corrected chi connectivity index (χ1v) is 6.24. The number of amides is 1. The van der Waals surface area contributed by atoms with Crippen LogP contribution >= 0.6 is 0 Å².